The van der Waals surface area contributed by atoms with Crippen LogP contribution in [0.15, 0.2) is 34.0 Å². The Balaban J connectivity index is 1.31. The van der Waals surface area contributed by atoms with Gasteiger partial charge in [0.05, 0.1) is 10.3 Å². The summed E-state index contributed by atoms with van der Waals surface area (Å²) in [4.78, 5) is 34.5. The molecule has 0 radical (unpaired) electrons. The number of carbonyl (C=O) groups excluding carboxylic acids is 1. The van der Waals surface area contributed by atoms with Crippen LogP contribution in [0.1, 0.15) is 47.5 Å². The minimum absolute atomic E-state index is 0.0610. The molecule has 0 unspecified atom stereocenters. The van der Waals surface area contributed by atoms with Gasteiger partial charge < -0.3 is 10.3 Å². The third kappa shape index (κ3) is 5.25. The van der Waals surface area contributed by atoms with E-state index in [4.69, 9.17) is 5.14 Å². The van der Waals surface area contributed by atoms with Crippen LogP contribution in [0.2, 0.25) is 0 Å². The van der Waals surface area contributed by atoms with Crippen molar-refractivity contribution >= 4 is 37.5 Å². The van der Waals surface area contributed by atoms with E-state index < -0.39 is 10.0 Å². The van der Waals surface area contributed by atoms with Gasteiger partial charge in [-0.1, -0.05) is 18.6 Å². The van der Waals surface area contributed by atoms with Crippen molar-refractivity contribution in [1.82, 2.24) is 15.3 Å². The van der Waals surface area contributed by atoms with Gasteiger partial charge in [-0.05, 0) is 55.4 Å². The molecule has 3 aromatic rings. The lowest BCUT2D eigenvalue weighted by molar-refractivity contribution is -0.121. The lowest BCUT2D eigenvalue weighted by atomic mass is 10.1. The highest BCUT2D eigenvalue weighted by atomic mass is 32.2. The van der Waals surface area contributed by atoms with Crippen LogP contribution >= 0.6 is 11.3 Å². The van der Waals surface area contributed by atoms with Crippen molar-refractivity contribution in [3.05, 3.63) is 56.4 Å². The average Bonchev–Trinajstić information content (AvgIpc) is 2.94. The normalized spacial score (nSPS) is 14.2. The highest BCUT2D eigenvalue weighted by molar-refractivity contribution is 7.89. The van der Waals surface area contributed by atoms with E-state index in [0.717, 1.165) is 47.0 Å². The van der Waals surface area contributed by atoms with E-state index >= 15 is 0 Å². The van der Waals surface area contributed by atoms with Gasteiger partial charge in [0.15, 0.2) is 0 Å². The number of rotatable bonds is 7. The largest absolute Gasteiger partial charge is 0.356 e. The quantitative estimate of drug-likeness (QED) is 0.451. The molecule has 4 N–H and O–H groups in total. The maximum absolute atomic E-state index is 12.7. The lowest BCUT2D eigenvalue weighted by Crippen LogP contribution is -2.26. The summed E-state index contributed by atoms with van der Waals surface area (Å²) in [6.45, 7) is 0.425. The van der Waals surface area contributed by atoms with Gasteiger partial charge in [-0.25, -0.2) is 18.5 Å². The second-order valence-electron chi connectivity index (χ2n) is 8.05. The summed E-state index contributed by atoms with van der Waals surface area (Å²) in [5.74, 6) is 0.406. The fraction of sp³-hybridized carbons (Fsp3) is 0.409. The molecule has 1 aliphatic carbocycles. The van der Waals surface area contributed by atoms with Gasteiger partial charge in [0.2, 0.25) is 15.9 Å². The Morgan fingerprint density at radius 1 is 1.12 bits per heavy atom. The number of nitrogens with two attached hydrogens (primary N) is 1. The first kappa shape index (κ1) is 22.6. The summed E-state index contributed by atoms with van der Waals surface area (Å²) in [5.41, 5.74) is 1.96. The summed E-state index contributed by atoms with van der Waals surface area (Å²) in [6, 6.07) is 6.26. The topological polar surface area (TPSA) is 135 Å². The molecule has 1 aromatic carbocycles. The van der Waals surface area contributed by atoms with E-state index in [1.54, 1.807) is 23.5 Å². The molecule has 0 fully saturated rings. The molecule has 10 heteroatoms. The standard InChI is InChI=1S/C22H26N4O4S2/c23-32(29,30)15-8-6-14(7-9-15)12-13-24-19(27)11-10-18-25-21(28)20-16-4-2-1-3-5-17(16)31-22(20)26-18/h6-9H,1-5,10-13H2,(H,24,27)(H2,23,29,30)(H,25,26,28). The Morgan fingerprint density at radius 3 is 2.62 bits per heavy atom. The van der Waals surface area contributed by atoms with Crippen LogP contribution in [0, 0.1) is 0 Å². The Kier molecular flexibility index (Phi) is 6.73. The predicted octanol–water partition coefficient (Wildman–Crippen LogP) is 2.19. The number of hydrogen-bond donors (Lipinski definition) is 3. The number of aromatic amines is 1. The molecule has 1 aliphatic rings. The molecule has 0 saturated heterocycles. The number of carbonyl (C=O) groups is 1. The first-order chi connectivity index (χ1) is 15.3. The Bertz CT molecular complexity index is 1290. The van der Waals surface area contributed by atoms with E-state index in [1.807, 2.05) is 0 Å². The molecule has 4 rings (SSSR count). The zero-order valence-corrected chi connectivity index (χ0v) is 19.3. The van der Waals surface area contributed by atoms with Crippen LogP contribution in [0.4, 0.5) is 0 Å². The minimum atomic E-state index is -3.71. The van der Waals surface area contributed by atoms with Crippen LogP contribution in [-0.2, 0) is 40.5 Å². The summed E-state index contributed by atoms with van der Waals surface area (Å²) in [6.07, 6.45) is 6.57. The molecule has 0 spiro atoms. The number of benzene rings is 1. The lowest BCUT2D eigenvalue weighted by Gasteiger charge is -2.06. The first-order valence-corrected chi connectivity index (χ1v) is 13.1. The van der Waals surface area contributed by atoms with Gasteiger partial charge in [-0.2, -0.15) is 0 Å². The molecule has 0 aliphatic heterocycles. The molecule has 0 bridgehead atoms. The van der Waals surface area contributed by atoms with Crippen LogP contribution in [0.5, 0.6) is 0 Å². The van der Waals surface area contributed by atoms with Gasteiger partial charge in [-0.3, -0.25) is 9.59 Å². The molecular formula is C22H26N4O4S2. The van der Waals surface area contributed by atoms with E-state index in [0.29, 0.717) is 25.2 Å². The predicted molar refractivity (Wildman–Crippen MR) is 124 cm³/mol. The smallest absolute Gasteiger partial charge is 0.259 e. The van der Waals surface area contributed by atoms with Crippen LogP contribution in [0.3, 0.4) is 0 Å². The van der Waals surface area contributed by atoms with Crippen molar-refractivity contribution in [2.45, 2.75) is 56.3 Å². The number of amides is 1. The van der Waals surface area contributed by atoms with Gasteiger partial charge >= 0.3 is 0 Å². The molecule has 170 valence electrons. The third-order valence-electron chi connectivity index (χ3n) is 5.70. The van der Waals surface area contributed by atoms with Crippen molar-refractivity contribution in [3.63, 3.8) is 0 Å². The van der Waals surface area contributed by atoms with E-state index in [1.165, 1.54) is 23.4 Å². The third-order valence-corrected chi connectivity index (χ3v) is 7.82. The minimum Gasteiger partial charge on any atom is -0.356 e. The van der Waals surface area contributed by atoms with Crippen molar-refractivity contribution in [1.29, 1.82) is 0 Å². The number of nitrogens with zero attached hydrogens (tertiary/aromatic N) is 1. The number of fused-ring (bicyclic) bond motifs is 3. The van der Waals surface area contributed by atoms with Gasteiger partial charge in [0.1, 0.15) is 10.7 Å². The summed E-state index contributed by atoms with van der Waals surface area (Å²) >= 11 is 1.61. The zero-order chi connectivity index (χ0) is 22.7. The van der Waals surface area contributed by atoms with Gasteiger partial charge in [-0.15, -0.1) is 11.3 Å². The SMILES string of the molecule is NS(=O)(=O)c1ccc(CCNC(=O)CCc2nc3sc4c(c3c(=O)[nH]2)CCCCC4)cc1. The zero-order valence-electron chi connectivity index (χ0n) is 17.6. The van der Waals surface area contributed by atoms with E-state index in [2.05, 4.69) is 15.3 Å². The van der Waals surface area contributed by atoms with Crippen LogP contribution in [-0.4, -0.2) is 30.8 Å². The summed E-state index contributed by atoms with van der Waals surface area (Å²) in [7, 11) is -3.71. The highest BCUT2D eigenvalue weighted by Crippen LogP contribution is 2.32. The maximum atomic E-state index is 12.7. The monoisotopic (exact) mass is 474 g/mol. The number of aryl methyl sites for hydroxylation is 3. The maximum Gasteiger partial charge on any atom is 0.259 e. The van der Waals surface area contributed by atoms with E-state index in [9.17, 15) is 18.0 Å². The van der Waals surface area contributed by atoms with Gasteiger partial charge in [0, 0.05) is 24.3 Å². The van der Waals surface area contributed by atoms with Crippen molar-refractivity contribution in [2.24, 2.45) is 5.14 Å². The fourth-order valence-electron chi connectivity index (χ4n) is 4.02. The van der Waals surface area contributed by atoms with Crippen LogP contribution in [0.25, 0.3) is 10.2 Å². The number of nitrogens with one attached hydrogen (secondary N) is 2. The molecule has 2 aromatic heterocycles. The molecule has 0 saturated carbocycles. The molecule has 32 heavy (non-hydrogen) atoms. The van der Waals surface area contributed by atoms with Gasteiger partial charge in [0.25, 0.3) is 5.56 Å². The van der Waals surface area contributed by atoms with Crippen molar-refractivity contribution in [2.75, 3.05) is 6.54 Å². The number of hydrogen-bond acceptors (Lipinski definition) is 6. The fourth-order valence-corrected chi connectivity index (χ4v) is 5.81. The molecular weight excluding hydrogens is 448 g/mol. The summed E-state index contributed by atoms with van der Waals surface area (Å²) < 4.78 is 22.6. The number of primary sulfonamides is 1. The van der Waals surface area contributed by atoms with Crippen LogP contribution < -0.4 is 16.0 Å². The van der Waals surface area contributed by atoms with Crippen molar-refractivity contribution < 1.29 is 13.2 Å². The number of thiophene rings is 1. The van der Waals surface area contributed by atoms with E-state index in [-0.39, 0.29) is 22.8 Å². The molecule has 0 atom stereocenters. The Labute approximate surface area is 190 Å². The second kappa shape index (κ2) is 9.51. The molecule has 8 nitrogen and oxygen atoms in total. The number of sulfonamides is 1. The first-order valence-electron chi connectivity index (χ1n) is 10.7. The molecule has 1 amide bonds. The molecule has 2 heterocycles. The number of aromatic nitrogens is 2. The highest BCUT2D eigenvalue weighted by Gasteiger charge is 2.19. The average molecular weight is 475 g/mol. The Morgan fingerprint density at radius 2 is 1.88 bits per heavy atom. The Hall–Kier alpha value is -2.56. The number of H-pyrrole nitrogens is 1. The summed E-state index contributed by atoms with van der Waals surface area (Å²) in [5, 5.41) is 8.66. The second-order valence-corrected chi connectivity index (χ2v) is 10.7. The van der Waals surface area contributed by atoms with Crippen molar-refractivity contribution in [3.8, 4) is 0 Å².